The average Bonchev–Trinajstić information content (AvgIpc) is 3.01. The molecular formula is C19H21F7N2O. The van der Waals surface area contributed by atoms with Crippen LogP contribution in [0.15, 0.2) is 18.2 Å². The van der Waals surface area contributed by atoms with E-state index in [4.69, 9.17) is 0 Å². The van der Waals surface area contributed by atoms with Crippen LogP contribution >= 0.6 is 0 Å². The molecule has 2 aliphatic rings. The fourth-order valence-corrected chi connectivity index (χ4v) is 4.37. The van der Waals surface area contributed by atoms with Crippen LogP contribution in [0.4, 0.5) is 30.7 Å². The molecule has 1 amide bonds. The molecule has 3 rings (SSSR count). The maximum atomic E-state index is 14.4. The molecule has 0 bridgehead atoms. The summed E-state index contributed by atoms with van der Waals surface area (Å²) in [7, 11) is 3.27. The van der Waals surface area contributed by atoms with Crippen LogP contribution < -0.4 is 0 Å². The van der Waals surface area contributed by atoms with Gasteiger partial charge >= 0.3 is 18.0 Å². The molecule has 2 atom stereocenters. The Morgan fingerprint density at radius 3 is 2.24 bits per heavy atom. The quantitative estimate of drug-likeness (QED) is 0.678. The summed E-state index contributed by atoms with van der Waals surface area (Å²) < 4.78 is 92.6. The van der Waals surface area contributed by atoms with Gasteiger partial charge in [-0.15, -0.1) is 0 Å². The fourth-order valence-electron chi connectivity index (χ4n) is 4.37. The average molecular weight is 426 g/mol. The zero-order chi connectivity index (χ0) is 21.8. The van der Waals surface area contributed by atoms with E-state index < -0.39 is 23.6 Å². The Morgan fingerprint density at radius 1 is 1.07 bits per heavy atom. The number of nitrogens with zero attached hydrogens (tertiary/aromatic N) is 2. The van der Waals surface area contributed by atoms with Gasteiger partial charge in [-0.25, -0.2) is 4.39 Å². The maximum Gasteiger partial charge on any atom is 0.435 e. The van der Waals surface area contributed by atoms with Gasteiger partial charge in [0.05, 0.1) is 6.54 Å². The van der Waals surface area contributed by atoms with Crippen molar-refractivity contribution in [3.8, 4) is 0 Å². The number of hydrogen-bond donors (Lipinski definition) is 0. The van der Waals surface area contributed by atoms with Gasteiger partial charge in [0.25, 0.3) is 0 Å². The van der Waals surface area contributed by atoms with E-state index in [9.17, 15) is 35.5 Å². The van der Waals surface area contributed by atoms with E-state index in [0.29, 0.717) is 42.6 Å². The Balaban J connectivity index is 1.91. The van der Waals surface area contributed by atoms with Crippen molar-refractivity contribution >= 4 is 5.91 Å². The van der Waals surface area contributed by atoms with Gasteiger partial charge in [-0.2, -0.15) is 26.3 Å². The van der Waals surface area contributed by atoms with E-state index in [1.807, 2.05) is 4.90 Å². The molecule has 1 fully saturated rings. The van der Waals surface area contributed by atoms with Crippen LogP contribution in [0, 0.1) is 0 Å². The second kappa shape index (κ2) is 7.14. The van der Waals surface area contributed by atoms with Gasteiger partial charge in [-0.1, -0.05) is 18.2 Å². The van der Waals surface area contributed by atoms with E-state index in [1.54, 1.807) is 14.1 Å². The molecule has 162 valence electrons. The SMILES string of the molecule is CN(C)C(=O)CN1CCC2c3ccc(C(F)(C(F)(F)F)C(F)(F)F)cc3CCC21. The highest BCUT2D eigenvalue weighted by Gasteiger charge is 2.73. The molecule has 1 aromatic rings. The van der Waals surface area contributed by atoms with Crippen LogP contribution in [-0.4, -0.2) is 61.3 Å². The first-order valence-electron chi connectivity index (χ1n) is 9.17. The lowest BCUT2D eigenvalue weighted by Gasteiger charge is -2.35. The molecule has 2 unspecified atom stereocenters. The number of hydrogen-bond acceptors (Lipinski definition) is 2. The Labute approximate surface area is 163 Å². The Hall–Kier alpha value is -1.84. The molecule has 29 heavy (non-hydrogen) atoms. The lowest BCUT2D eigenvalue weighted by Crippen LogP contribution is -2.50. The second-order valence-electron chi connectivity index (χ2n) is 7.83. The minimum absolute atomic E-state index is 0.0161. The lowest BCUT2D eigenvalue weighted by atomic mass is 9.77. The molecule has 1 saturated heterocycles. The van der Waals surface area contributed by atoms with Gasteiger partial charge in [0.1, 0.15) is 0 Å². The fraction of sp³-hybridized carbons (Fsp3) is 0.632. The zero-order valence-corrected chi connectivity index (χ0v) is 15.9. The Bertz CT molecular complexity index is 774. The molecule has 0 aromatic heterocycles. The number of likely N-dealkylation sites (N-methyl/N-ethyl adjacent to an activating group) is 1. The number of rotatable bonds is 3. The van der Waals surface area contributed by atoms with Gasteiger partial charge in [-0.3, -0.25) is 9.69 Å². The van der Waals surface area contributed by atoms with Crippen LogP contribution in [0.2, 0.25) is 0 Å². The third kappa shape index (κ3) is 3.60. The summed E-state index contributed by atoms with van der Waals surface area (Å²) in [4.78, 5) is 15.4. The van der Waals surface area contributed by atoms with Crippen LogP contribution in [0.3, 0.4) is 0 Å². The number of amides is 1. The predicted octanol–water partition coefficient (Wildman–Crippen LogP) is 4.17. The summed E-state index contributed by atoms with van der Waals surface area (Å²) in [5.41, 5.74) is -5.91. The maximum absolute atomic E-state index is 14.4. The minimum Gasteiger partial charge on any atom is -0.348 e. The Morgan fingerprint density at radius 2 is 1.69 bits per heavy atom. The van der Waals surface area contributed by atoms with Gasteiger partial charge in [0.2, 0.25) is 5.91 Å². The van der Waals surface area contributed by atoms with Crippen LogP contribution in [0.5, 0.6) is 0 Å². The van der Waals surface area contributed by atoms with Crippen LogP contribution in [0.25, 0.3) is 0 Å². The summed E-state index contributed by atoms with van der Waals surface area (Å²) in [5.74, 6) is -0.182. The third-order valence-corrected chi connectivity index (χ3v) is 5.93. The number of carbonyl (C=O) groups is 1. The van der Waals surface area contributed by atoms with Crippen LogP contribution in [-0.2, 0) is 16.9 Å². The number of alkyl halides is 7. The number of halogens is 7. The number of carbonyl (C=O) groups excluding carboxylic acids is 1. The highest BCUT2D eigenvalue weighted by molar-refractivity contribution is 5.77. The summed E-state index contributed by atoms with van der Waals surface area (Å²) >= 11 is 0. The number of fused-ring (bicyclic) bond motifs is 3. The first kappa shape index (κ1) is 21.9. The lowest BCUT2D eigenvalue weighted by molar-refractivity contribution is -0.348. The highest BCUT2D eigenvalue weighted by Crippen LogP contribution is 2.54. The van der Waals surface area contributed by atoms with E-state index in [0.717, 1.165) is 0 Å². The zero-order valence-electron chi connectivity index (χ0n) is 15.9. The second-order valence-corrected chi connectivity index (χ2v) is 7.83. The molecule has 1 aliphatic carbocycles. The molecule has 0 N–H and O–H groups in total. The molecule has 1 aliphatic heterocycles. The van der Waals surface area contributed by atoms with Crippen molar-refractivity contribution in [1.82, 2.24) is 9.80 Å². The highest BCUT2D eigenvalue weighted by atomic mass is 19.4. The van der Waals surface area contributed by atoms with Crippen molar-refractivity contribution in [2.75, 3.05) is 27.2 Å². The molecule has 0 radical (unpaired) electrons. The van der Waals surface area contributed by atoms with Gasteiger partial charge < -0.3 is 4.90 Å². The van der Waals surface area contributed by atoms with Crippen LogP contribution in [0.1, 0.15) is 35.4 Å². The predicted molar refractivity (Wildman–Crippen MR) is 91.1 cm³/mol. The standard InChI is InChI=1S/C19H21F7N2O/c1-27(2)16(29)10-28-8-7-14-13-5-4-12(9-11(13)3-6-15(14)28)17(20,18(21,22)23)19(24,25)26/h4-5,9,14-15H,3,6-8,10H2,1-2H3. The van der Waals surface area contributed by atoms with Crippen molar-refractivity contribution in [3.05, 3.63) is 34.9 Å². The summed E-state index contributed by atoms with van der Waals surface area (Å²) in [6.07, 6.45) is -10.9. The number of benzene rings is 1. The topological polar surface area (TPSA) is 23.6 Å². The van der Waals surface area contributed by atoms with E-state index >= 15 is 0 Å². The first-order valence-corrected chi connectivity index (χ1v) is 9.17. The number of likely N-dealkylation sites (tertiary alicyclic amines) is 1. The van der Waals surface area contributed by atoms with E-state index in [-0.39, 0.29) is 30.8 Å². The van der Waals surface area contributed by atoms with Crippen molar-refractivity contribution in [2.45, 2.75) is 49.2 Å². The molecule has 3 nitrogen and oxygen atoms in total. The molecule has 1 aromatic carbocycles. The molecule has 1 heterocycles. The van der Waals surface area contributed by atoms with Crippen molar-refractivity contribution < 1.29 is 35.5 Å². The van der Waals surface area contributed by atoms with Gasteiger partial charge in [0, 0.05) is 31.6 Å². The van der Waals surface area contributed by atoms with Crippen molar-refractivity contribution in [3.63, 3.8) is 0 Å². The van der Waals surface area contributed by atoms with Crippen molar-refractivity contribution in [1.29, 1.82) is 0 Å². The Kier molecular flexibility index (Phi) is 5.38. The van der Waals surface area contributed by atoms with Gasteiger partial charge in [-0.05, 0) is 36.9 Å². The summed E-state index contributed by atoms with van der Waals surface area (Å²) in [6, 6.07) is 2.47. The normalized spacial score (nSPS) is 22.9. The van der Waals surface area contributed by atoms with E-state index in [1.165, 1.54) is 11.0 Å². The number of aryl methyl sites for hydroxylation is 1. The molecular weight excluding hydrogens is 405 g/mol. The van der Waals surface area contributed by atoms with Crippen molar-refractivity contribution in [2.24, 2.45) is 0 Å². The molecule has 0 saturated carbocycles. The summed E-state index contributed by atoms with van der Waals surface area (Å²) in [5, 5.41) is 0. The first-order chi connectivity index (χ1) is 13.3. The van der Waals surface area contributed by atoms with E-state index in [2.05, 4.69) is 0 Å². The largest absolute Gasteiger partial charge is 0.435 e. The smallest absolute Gasteiger partial charge is 0.348 e. The third-order valence-electron chi connectivity index (χ3n) is 5.93. The molecule has 10 heteroatoms. The van der Waals surface area contributed by atoms with Gasteiger partial charge in [0.15, 0.2) is 0 Å². The summed E-state index contributed by atoms with van der Waals surface area (Å²) in [6.45, 7) is 0.811. The minimum atomic E-state index is -6.12. The monoisotopic (exact) mass is 426 g/mol. The molecule has 0 spiro atoms.